The van der Waals surface area contributed by atoms with Crippen LogP contribution in [0.5, 0.6) is 0 Å². The summed E-state index contributed by atoms with van der Waals surface area (Å²) >= 11 is 0. The van der Waals surface area contributed by atoms with Crippen molar-refractivity contribution in [2.24, 2.45) is 0 Å². The number of amides is 3. The summed E-state index contributed by atoms with van der Waals surface area (Å²) in [6, 6.07) is 14.3. The number of carbonyl (C=O) groups excluding carboxylic acids is 3. The lowest BCUT2D eigenvalue weighted by Gasteiger charge is -2.23. The fourth-order valence-electron chi connectivity index (χ4n) is 3.51. The molecule has 1 aromatic heterocycles. The van der Waals surface area contributed by atoms with E-state index in [2.05, 4.69) is 31.4 Å². The minimum absolute atomic E-state index is 0.145. The van der Waals surface area contributed by atoms with E-state index in [0.29, 0.717) is 5.69 Å². The van der Waals surface area contributed by atoms with Crippen molar-refractivity contribution in [3.8, 4) is 11.3 Å². The summed E-state index contributed by atoms with van der Waals surface area (Å²) in [7, 11) is 0. The van der Waals surface area contributed by atoms with E-state index in [1.807, 2.05) is 24.3 Å². The Kier molecular flexibility index (Phi) is 8.65. The molecule has 182 valence electrons. The number of aliphatic carboxylic acids is 1. The van der Waals surface area contributed by atoms with Crippen LogP contribution in [-0.2, 0) is 32.0 Å². The molecule has 35 heavy (non-hydrogen) atoms. The van der Waals surface area contributed by atoms with Gasteiger partial charge in [-0.15, -0.1) is 0 Å². The number of nitrogens with one attached hydrogen (secondary N) is 4. The fraction of sp³-hybridized carbons (Fsp3) is 0.250. The van der Waals surface area contributed by atoms with Gasteiger partial charge in [0.25, 0.3) is 0 Å². The van der Waals surface area contributed by atoms with Gasteiger partial charge in [0.1, 0.15) is 24.3 Å². The highest BCUT2D eigenvalue weighted by atomic mass is 16.4. The number of H-pyrrole nitrogens is 1. The monoisotopic (exact) mass is 478 g/mol. The number of hydrogen-bond donors (Lipinski definition) is 5. The highest BCUT2D eigenvalue weighted by Gasteiger charge is 2.27. The largest absolute Gasteiger partial charge is 0.480 e. The first-order valence-electron chi connectivity index (χ1n) is 10.9. The Labute approximate surface area is 201 Å². The molecule has 11 heteroatoms. The van der Waals surface area contributed by atoms with E-state index in [9.17, 15) is 19.2 Å². The normalized spacial score (nSPS) is 12.3. The Morgan fingerprint density at radius 1 is 0.914 bits per heavy atom. The molecule has 0 spiro atoms. The van der Waals surface area contributed by atoms with E-state index >= 15 is 0 Å². The molecule has 3 aromatic rings. The Morgan fingerprint density at radius 3 is 2.26 bits per heavy atom. The Hall–Kier alpha value is -4.54. The van der Waals surface area contributed by atoms with Crippen molar-refractivity contribution in [2.75, 3.05) is 6.54 Å². The van der Waals surface area contributed by atoms with Crippen molar-refractivity contribution in [3.63, 3.8) is 0 Å². The number of aromatic nitrogens is 3. The van der Waals surface area contributed by atoms with Crippen LogP contribution < -0.4 is 16.0 Å². The van der Waals surface area contributed by atoms with Crippen LogP contribution in [0, 0.1) is 0 Å². The molecule has 3 rings (SSSR count). The molecule has 0 saturated heterocycles. The summed E-state index contributed by atoms with van der Waals surface area (Å²) in [6.45, 7) is 0.719. The van der Waals surface area contributed by atoms with Gasteiger partial charge < -0.3 is 21.1 Å². The average Bonchev–Trinajstić information content (AvgIpc) is 3.37. The predicted octanol–water partition coefficient (Wildman–Crippen LogP) is 0.447. The Morgan fingerprint density at radius 2 is 1.60 bits per heavy atom. The van der Waals surface area contributed by atoms with Gasteiger partial charge in [-0.3, -0.25) is 19.2 Å². The molecule has 1 heterocycles. The molecular weight excluding hydrogens is 452 g/mol. The SMILES string of the molecule is CC(=O)N[C@@H](Cc1cccc(-c2cn[nH]n2)c1)C(=O)N[C@@H](Cc1ccccc1)C(=O)NCC(=O)O. The van der Waals surface area contributed by atoms with Crippen LogP contribution in [-0.4, -0.2) is 62.8 Å². The van der Waals surface area contributed by atoms with Crippen molar-refractivity contribution in [1.29, 1.82) is 0 Å². The fourth-order valence-corrected chi connectivity index (χ4v) is 3.51. The quantitative estimate of drug-likeness (QED) is 0.267. The highest BCUT2D eigenvalue weighted by molar-refractivity contribution is 5.93. The summed E-state index contributed by atoms with van der Waals surface area (Å²) in [4.78, 5) is 48.6. The van der Waals surface area contributed by atoms with Gasteiger partial charge in [0.15, 0.2) is 0 Å². The maximum atomic E-state index is 13.2. The third-order valence-corrected chi connectivity index (χ3v) is 5.10. The number of carbonyl (C=O) groups is 4. The number of benzene rings is 2. The van der Waals surface area contributed by atoms with Crippen molar-refractivity contribution < 1.29 is 24.3 Å². The summed E-state index contributed by atoms with van der Waals surface area (Å²) in [5.41, 5.74) is 2.95. The molecule has 0 fully saturated rings. The van der Waals surface area contributed by atoms with Crippen molar-refractivity contribution >= 4 is 23.7 Å². The van der Waals surface area contributed by atoms with Crippen LogP contribution >= 0.6 is 0 Å². The first-order chi connectivity index (χ1) is 16.8. The van der Waals surface area contributed by atoms with E-state index in [-0.39, 0.29) is 12.8 Å². The van der Waals surface area contributed by atoms with Crippen molar-refractivity contribution in [2.45, 2.75) is 31.8 Å². The number of nitrogens with zero attached hydrogens (tertiary/aromatic N) is 2. The average molecular weight is 479 g/mol. The Balaban J connectivity index is 1.78. The smallest absolute Gasteiger partial charge is 0.322 e. The molecule has 0 aliphatic heterocycles. The van der Waals surface area contributed by atoms with E-state index in [4.69, 9.17) is 5.11 Å². The van der Waals surface area contributed by atoms with Crippen LogP contribution in [0.3, 0.4) is 0 Å². The highest BCUT2D eigenvalue weighted by Crippen LogP contribution is 2.18. The van der Waals surface area contributed by atoms with Crippen LogP contribution in [0.4, 0.5) is 0 Å². The molecule has 3 amide bonds. The zero-order valence-corrected chi connectivity index (χ0v) is 19.0. The van der Waals surface area contributed by atoms with Gasteiger partial charge in [0, 0.05) is 25.3 Å². The number of carboxylic acid groups (broad SMARTS) is 1. The maximum absolute atomic E-state index is 13.2. The van der Waals surface area contributed by atoms with Gasteiger partial charge in [0.2, 0.25) is 17.7 Å². The van der Waals surface area contributed by atoms with Crippen molar-refractivity contribution in [1.82, 2.24) is 31.4 Å². The topological polar surface area (TPSA) is 166 Å². The second-order valence-electron chi connectivity index (χ2n) is 7.88. The van der Waals surface area contributed by atoms with E-state index in [1.165, 1.54) is 6.92 Å². The molecule has 0 aliphatic rings. The summed E-state index contributed by atoms with van der Waals surface area (Å²) in [5.74, 6) is -2.82. The predicted molar refractivity (Wildman–Crippen MR) is 126 cm³/mol. The first kappa shape index (κ1) is 25.1. The van der Waals surface area contributed by atoms with Gasteiger partial charge in [-0.1, -0.05) is 48.5 Å². The summed E-state index contributed by atoms with van der Waals surface area (Å²) in [6.07, 6.45) is 1.87. The summed E-state index contributed by atoms with van der Waals surface area (Å²) < 4.78 is 0. The molecule has 5 N–H and O–H groups in total. The van der Waals surface area contributed by atoms with E-state index in [0.717, 1.165) is 16.7 Å². The lowest BCUT2D eigenvalue weighted by molar-refractivity contribution is -0.138. The zero-order chi connectivity index (χ0) is 25.2. The molecule has 0 unspecified atom stereocenters. The third kappa shape index (κ3) is 7.77. The second-order valence-corrected chi connectivity index (χ2v) is 7.88. The zero-order valence-electron chi connectivity index (χ0n) is 19.0. The van der Waals surface area contributed by atoms with Crippen LogP contribution in [0.15, 0.2) is 60.8 Å². The van der Waals surface area contributed by atoms with Crippen LogP contribution in [0.1, 0.15) is 18.1 Å². The van der Waals surface area contributed by atoms with E-state index in [1.54, 1.807) is 36.5 Å². The molecule has 2 aromatic carbocycles. The first-order valence-corrected chi connectivity index (χ1v) is 10.9. The van der Waals surface area contributed by atoms with E-state index < -0.39 is 42.3 Å². The second kappa shape index (κ2) is 12.1. The minimum Gasteiger partial charge on any atom is -0.480 e. The van der Waals surface area contributed by atoms with Gasteiger partial charge in [-0.2, -0.15) is 15.4 Å². The number of carboxylic acids is 1. The van der Waals surface area contributed by atoms with Crippen molar-refractivity contribution in [3.05, 3.63) is 71.9 Å². The molecule has 0 bridgehead atoms. The molecule has 0 saturated carbocycles. The molecule has 11 nitrogen and oxygen atoms in total. The third-order valence-electron chi connectivity index (χ3n) is 5.10. The lowest BCUT2D eigenvalue weighted by atomic mass is 10.0. The standard InChI is InChI=1S/C24H26N6O5/c1-15(31)27-20(12-17-8-5-9-18(10-17)21-13-26-30-29-21)24(35)28-19(23(34)25-14-22(32)33)11-16-6-3-2-4-7-16/h2-10,13,19-20H,11-12,14H2,1H3,(H,25,34)(H,27,31)(H,28,35)(H,32,33)(H,26,29,30)/t19-,20-/m0/s1. The lowest BCUT2D eigenvalue weighted by Crippen LogP contribution is -2.55. The van der Waals surface area contributed by atoms with Crippen LogP contribution in [0.25, 0.3) is 11.3 Å². The maximum Gasteiger partial charge on any atom is 0.322 e. The van der Waals surface area contributed by atoms with Gasteiger partial charge >= 0.3 is 5.97 Å². The molecule has 0 aliphatic carbocycles. The number of aromatic amines is 1. The van der Waals surface area contributed by atoms with Gasteiger partial charge in [0.05, 0.1) is 6.20 Å². The summed E-state index contributed by atoms with van der Waals surface area (Å²) in [5, 5.41) is 26.9. The minimum atomic E-state index is -1.20. The van der Waals surface area contributed by atoms with Gasteiger partial charge in [-0.05, 0) is 17.2 Å². The molecular formula is C24H26N6O5. The number of hydrogen-bond acceptors (Lipinski definition) is 6. The van der Waals surface area contributed by atoms with Gasteiger partial charge in [-0.25, -0.2) is 0 Å². The Bertz CT molecular complexity index is 1170. The molecule has 2 atom stereocenters. The molecule has 0 radical (unpaired) electrons. The number of rotatable bonds is 11. The van der Waals surface area contributed by atoms with Crippen LogP contribution in [0.2, 0.25) is 0 Å².